The zero-order valence-electron chi connectivity index (χ0n) is 23.5. The molecule has 4 heteroatoms. The Morgan fingerprint density at radius 2 is 1.81 bits per heavy atom. The van der Waals surface area contributed by atoms with Gasteiger partial charge in [-0.1, -0.05) is 82.2 Å². The van der Waals surface area contributed by atoms with Crippen molar-refractivity contribution in [3.8, 4) is 5.75 Å². The maximum absolute atomic E-state index is 12.6. The molecular formula is C33H40O4. The molecule has 1 aromatic heterocycles. The van der Waals surface area contributed by atoms with Gasteiger partial charge in [-0.05, 0) is 79.7 Å². The highest BCUT2D eigenvalue weighted by Gasteiger charge is 2.26. The van der Waals surface area contributed by atoms with Crippen molar-refractivity contribution in [1.82, 2.24) is 0 Å². The van der Waals surface area contributed by atoms with Crippen molar-refractivity contribution in [1.29, 1.82) is 0 Å². The SMILES string of the molecule is CC(C=CC1=C(C)CCCC1(C)C)=CC=CC(C)=CC(=O)Oc1cc(=O)oc2ccc(C(C)(C)C)cc12. The quantitative estimate of drug-likeness (QED) is 0.173. The van der Waals surface area contributed by atoms with Gasteiger partial charge in [0.15, 0.2) is 0 Å². The third-order valence-electron chi connectivity index (χ3n) is 6.90. The summed E-state index contributed by atoms with van der Waals surface area (Å²) < 4.78 is 10.9. The molecule has 3 rings (SSSR count). The largest absolute Gasteiger partial charge is 0.422 e. The fraction of sp³-hybridized carbons (Fsp3) is 0.394. The number of carbonyl (C=O) groups is 1. The molecule has 37 heavy (non-hydrogen) atoms. The first-order valence-corrected chi connectivity index (χ1v) is 13.0. The van der Waals surface area contributed by atoms with Crippen LogP contribution < -0.4 is 10.4 Å². The summed E-state index contributed by atoms with van der Waals surface area (Å²) in [6.45, 7) is 17.1. The van der Waals surface area contributed by atoms with Crippen molar-refractivity contribution < 1.29 is 13.9 Å². The number of fused-ring (bicyclic) bond motifs is 1. The average molecular weight is 501 g/mol. The minimum absolute atomic E-state index is 0.101. The lowest BCUT2D eigenvalue weighted by atomic mass is 9.72. The van der Waals surface area contributed by atoms with Crippen LogP contribution in [0.25, 0.3) is 11.0 Å². The van der Waals surface area contributed by atoms with Crippen LogP contribution in [-0.2, 0) is 10.2 Å². The summed E-state index contributed by atoms with van der Waals surface area (Å²) >= 11 is 0. The lowest BCUT2D eigenvalue weighted by Crippen LogP contribution is -2.19. The zero-order valence-corrected chi connectivity index (χ0v) is 23.5. The third kappa shape index (κ3) is 7.55. The molecular weight excluding hydrogens is 460 g/mol. The van der Waals surface area contributed by atoms with Gasteiger partial charge in [-0.15, -0.1) is 0 Å². The molecule has 0 radical (unpaired) electrons. The summed E-state index contributed by atoms with van der Waals surface area (Å²) in [5.41, 5.74) is 5.78. The predicted octanol–water partition coefficient (Wildman–Crippen LogP) is 8.53. The number of benzene rings is 1. The van der Waals surface area contributed by atoms with Crippen molar-refractivity contribution in [2.24, 2.45) is 5.41 Å². The summed E-state index contributed by atoms with van der Waals surface area (Å²) in [6.07, 6.45) is 15.3. The molecule has 0 unspecified atom stereocenters. The van der Waals surface area contributed by atoms with Gasteiger partial charge in [0.05, 0.1) is 11.5 Å². The first-order valence-electron chi connectivity index (χ1n) is 13.0. The van der Waals surface area contributed by atoms with Gasteiger partial charge in [0.2, 0.25) is 0 Å². The number of ether oxygens (including phenoxy) is 1. The second kappa shape index (κ2) is 11.3. The first-order chi connectivity index (χ1) is 17.3. The molecule has 1 aliphatic rings. The van der Waals surface area contributed by atoms with E-state index in [2.05, 4.69) is 60.6 Å². The lowest BCUT2D eigenvalue weighted by molar-refractivity contribution is -0.128. The Hall–Kier alpha value is -3.40. The van der Waals surface area contributed by atoms with E-state index in [1.807, 2.05) is 37.3 Å². The van der Waals surface area contributed by atoms with E-state index in [9.17, 15) is 9.59 Å². The lowest BCUT2D eigenvalue weighted by Gasteiger charge is -2.32. The second-order valence-electron chi connectivity index (χ2n) is 11.7. The molecule has 1 aliphatic carbocycles. The van der Waals surface area contributed by atoms with Gasteiger partial charge < -0.3 is 9.15 Å². The van der Waals surface area contributed by atoms with Crippen molar-refractivity contribution in [2.45, 2.75) is 80.1 Å². The molecule has 0 fully saturated rings. The smallest absolute Gasteiger partial charge is 0.339 e. The molecule has 4 nitrogen and oxygen atoms in total. The number of allylic oxidation sites excluding steroid dienone is 9. The summed E-state index contributed by atoms with van der Waals surface area (Å²) in [5, 5.41) is 0.596. The van der Waals surface area contributed by atoms with Gasteiger partial charge in [-0.2, -0.15) is 0 Å². The number of hydrogen-bond donors (Lipinski definition) is 0. The van der Waals surface area contributed by atoms with E-state index < -0.39 is 11.6 Å². The van der Waals surface area contributed by atoms with Crippen LogP contribution in [0.5, 0.6) is 5.75 Å². The Balaban J connectivity index is 1.73. The van der Waals surface area contributed by atoms with Crippen molar-refractivity contribution in [3.63, 3.8) is 0 Å². The molecule has 1 aromatic carbocycles. The standard InChI is InChI=1S/C33H40O4/c1-22(14-16-27-24(3)13-10-18-33(27,7)8)11-9-12-23(2)19-30(34)37-29-21-31(35)36-28-17-15-25(20-26(28)29)32(4,5)6/h9,11-12,14-17,19-21H,10,13,18H2,1-8H3. The third-order valence-corrected chi connectivity index (χ3v) is 6.90. The Kier molecular flexibility index (Phi) is 8.63. The normalized spacial score (nSPS) is 17.3. The Morgan fingerprint density at radius 1 is 1.08 bits per heavy atom. The second-order valence-corrected chi connectivity index (χ2v) is 11.7. The van der Waals surface area contributed by atoms with Crippen molar-refractivity contribution in [3.05, 3.63) is 99.0 Å². The molecule has 0 N–H and O–H groups in total. The number of carbonyl (C=O) groups excluding carboxylic acids is 1. The Labute approximate surface area is 221 Å². The van der Waals surface area contributed by atoms with Gasteiger partial charge in [-0.25, -0.2) is 9.59 Å². The van der Waals surface area contributed by atoms with Gasteiger partial charge in [0, 0.05) is 6.08 Å². The van der Waals surface area contributed by atoms with Gasteiger partial charge >= 0.3 is 11.6 Å². The molecule has 0 spiro atoms. The minimum atomic E-state index is -0.560. The van der Waals surface area contributed by atoms with Gasteiger partial charge in [0.25, 0.3) is 0 Å². The van der Waals surface area contributed by atoms with E-state index in [0.717, 1.165) is 16.7 Å². The fourth-order valence-corrected chi connectivity index (χ4v) is 4.69. The minimum Gasteiger partial charge on any atom is -0.422 e. The zero-order chi connectivity index (χ0) is 27.4. The van der Waals surface area contributed by atoms with Crippen LogP contribution in [0.4, 0.5) is 0 Å². The summed E-state index contributed by atoms with van der Waals surface area (Å²) in [7, 11) is 0. The molecule has 1 heterocycles. The van der Waals surface area contributed by atoms with Crippen LogP contribution in [0.1, 0.15) is 80.2 Å². The van der Waals surface area contributed by atoms with Crippen molar-refractivity contribution >= 4 is 16.9 Å². The number of esters is 1. The maximum Gasteiger partial charge on any atom is 0.339 e. The first kappa shape index (κ1) is 28.2. The molecule has 2 aromatic rings. The molecule has 0 bridgehead atoms. The summed E-state index contributed by atoms with van der Waals surface area (Å²) in [6, 6.07) is 6.79. The molecule has 0 saturated heterocycles. The number of rotatable bonds is 6. The highest BCUT2D eigenvalue weighted by Crippen LogP contribution is 2.40. The Bertz CT molecular complexity index is 1380. The van der Waals surface area contributed by atoms with Crippen molar-refractivity contribution in [2.75, 3.05) is 0 Å². The maximum atomic E-state index is 12.6. The van der Waals surface area contributed by atoms with Gasteiger partial charge in [0.1, 0.15) is 11.3 Å². The van der Waals surface area contributed by atoms with E-state index >= 15 is 0 Å². The van der Waals surface area contributed by atoms with E-state index in [-0.39, 0.29) is 16.6 Å². The average Bonchev–Trinajstić information content (AvgIpc) is 2.77. The van der Waals surface area contributed by atoms with E-state index in [4.69, 9.17) is 9.15 Å². The highest BCUT2D eigenvalue weighted by molar-refractivity contribution is 5.90. The van der Waals surface area contributed by atoms with E-state index in [0.29, 0.717) is 11.0 Å². The van der Waals surface area contributed by atoms with E-state index in [1.54, 1.807) is 6.07 Å². The molecule has 0 atom stereocenters. The van der Waals surface area contributed by atoms with Crippen LogP contribution in [0.2, 0.25) is 0 Å². The Morgan fingerprint density at radius 3 is 2.49 bits per heavy atom. The topological polar surface area (TPSA) is 56.5 Å². The molecule has 0 aliphatic heterocycles. The fourth-order valence-electron chi connectivity index (χ4n) is 4.69. The summed E-state index contributed by atoms with van der Waals surface area (Å²) in [5.74, 6) is -0.343. The van der Waals surface area contributed by atoms with Crippen LogP contribution in [0, 0.1) is 5.41 Å². The monoisotopic (exact) mass is 500 g/mol. The molecule has 0 saturated carbocycles. The van der Waals surface area contributed by atoms with Crippen LogP contribution in [0.3, 0.4) is 0 Å². The van der Waals surface area contributed by atoms with Crippen LogP contribution >= 0.6 is 0 Å². The molecule has 0 amide bonds. The predicted molar refractivity (Wildman–Crippen MR) is 153 cm³/mol. The van der Waals surface area contributed by atoms with Gasteiger partial charge in [-0.3, -0.25) is 0 Å². The van der Waals surface area contributed by atoms with Crippen LogP contribution in [-0.4, -0.2) is 5.97 Å². The van der Waals surface area contributed by atoms with E-state index in [1.165, 1.54) is 42.6 Å². The van der Waals surface area contributed by atoms with Crippen LogP contribution in [0.15, 0.2) is 92.2 Å². The summed E-state index contributed by atoms with van der Waals surface area (Å²) in [4.78, 5) is 24.6. The molecule has 196 valence electrons. The highest BCUT2D eigenvalue weighted by atomic mass is 16.5. The number of hydrogen-bond acceptors (Lipinski definition) is 4.